The van der Waals surface area contributed by atoms with Gasteiger partial charge in [0.2, 0.25) is 0 Å². The number of para-hydroxylation sites is 1. The van der Waals surface area contributed by atoms with Crippen molar-refractivity contribution < 1.29 is 8.78 Å². The molecule has 2 aromatic rings. The first-order chi connectivity index (χ1) is 9.70. The first-order valence-corrected chi connectivity index (χ1v) is 7.20. The van der Waals surface area contributed by atoms with Gasteiger partial charge in [0.25, 0.3) is 0 Å². The number of hydrogen-bond donors (Lipinski definition) is 1. The molecule has 0 aromatic heterocycles. The molecule has 4 heteroatoms. The van der Waals surface area contributed by atoms with Crippen molar-refractivity contribution in [2.75, 3.05) is 11.1 Å². The molecule has 0 aliphatic rings. The van der Waals surface area contributed by atoms with Crippen LogP contribution >= 0.6 is 11.8 Å². The predicted molar refractivity (Wildman–Crippen MR) is 81.0 cm³/mol. The molecule has 0 aliphatic carbocycles. The smallest absolute Gasteiger partial charge is 0.131 e. The lowest BCUT2D eigenvalue weighted by atomic mass is 10.2. The van der Waals surface area contributed by atoms with Crippen LogP contribution in [0.15, 0.2) is 60.0 Å². The van der Waals surface area contributed by atoms with Gasteiger partial charge in [-0.1, -0.05) is 24.3 Å². The number of halogens is 2. The highest BCUT2D eigenvalue weighted by Gasteiger charge is 2.05. The summed E-state index contributed by atoms with van der Waals surface area (Å²) in [4.78, 5) is 1.08. The lowest BCUT2D eigenvalue weighted by molar-refractivity contribution is 0.574. The van der Waals surface area contributed by atoms with Gasteiger partial charge in [0.05, 0.1) is 0 Å². The standard InChI is InChI=1S/C16H15F2NS/c1-2-9-20-16-6-4-3-5-15(16)19-11-12-7-8-13(17)10-14(12)18/h2-8,10,19H,1,9,11H2. The number of hydrogen-bond acceptors (Lipinski definition) is 2. The Labute approximate surface area is 121 Å². The number of thioether (sulfide) groups is 1. The lowest BCUT2D eigenvalue weighted by Crippen LogP contribution is -2.03. The van der Waals surface area contributed by atoms with Gasteiger partial charge in [-0.25, -0.2) is 8.78 Å². The van der Waals surface area contributed by atoms with Gasteiger partial charge in [0.15, 0.2) is 0 Å². The number of rotatable bonds is 6. The number of anilines is 1. The number of benzene rings is 2. The summed E-state index contributed by atoms with van der Waals surface area (Å²) in [6.45, 7) is 4.01. The molecule has 0 radical (unpaired) electrons. The van der Waals surface area contributed by atoms with Gasteiger partial charge in [-0.2, -0.15) is 0 Å². The summed E-state index contributed by atoms with van der Waals surface area (Å²) in [7, 11) is 0. The Bertz CT molecular complexity index is 599. The molecule has 0 heterocycles. The molecule has 0 bridgehead atoms. The van der Waals surface area contributed by atoms with Crippen molar-refractivity contribution >= 4 is 17.4 Å². The van der Waals surface area contributed by atoms with E-state index < -0.39 is 11.6 Å². The van der Waals surface area contributed by atoms with E-state index >= 15 is 0 Å². The molecule has 0 saturated carbocycles. The molecule has 0 unspecified atom stereocenters. The third-order valence-electron chi connectivity index (χ3n) is 2.73. The maximum Gasteiger partial charge on any atom is 0.131 e. The number of nitrogens with one attached hydrogen (secondary N) is 1. The van der Waals surface area contributed by atoms with Gasteiger partial charge in [-0.05, 0) is 18.2 Å². The monoisotopic (exact) mass is 291 g/mol. The van der Waals surface area contributed by atoms with E-state index in [1.807, 2.05) is 30.3 Å². The fraction of sp³-hybridized carbons (Fsp3) is 0.125. The first-order valence-electron chi connectivity index (χ1n) is 6.21. The molecule has 0 spiro atoms. The Morgan fingerprint density at radius 3 is 2.70 bits per heavy atom. The average Bonchev–Trinajstić information content (AvgIpc) is 2.45. The van der Waals surface area contributed by atoms with Crippen LogP contribution in [0.3, 0.4) is 0 Å². The second-order valence-corrected chi connectivity index (χ2v) is 5.25. The van der Waals surface area contributed by atoms with Crippen LogP contribution in [0.1, 0.15) is 5.56 Å². The van der Waals surface area contributed by atoms with Crippen molar-refractivity contribution in [2.24, 2.45) is 0 Å². The molecule has 2 aromatic carbocycles. The molecule has 20 heavy (non-hydrogen) atoms. The Hall–Kier alpha value is -1.81. The normalized spacial score (nSPS) is 10.3. The van der Waals surface area contributed by atoms with Crippen LogP contribution in [0.2, 0.25) is 0 Å². The summed E-state index contributed by atoms with van der Waals surface area (Å²) >= 11 is 1.65. The Morgan fingerprint density at radius 2 is 1.95 bits per heavy atom. The summed E-state index contributed by atoms with van der Waals surface area (Å²) in [5.41, 5.74) is 1.37. The van der Waals surface area contributed by atoms with Crippen LogP contribution in [-0.4, -0.2) is 5.75 Å². The van der Waals surface area contributed by atoms with Gasteiger partial charge in [0.1, 0.15) is 11.6 Å². The summed E-state index contributed by atoms with van der Waals surface area (Å²) in [5.74, 6) is -0.286. The molecule has 0 atom stereocenters. The second kappa shape index (κ2) is 7.10. The van der Waals surface area contributed by atoms with Crippen molar-refractivity contribution in [3.05, 3.63) is 72.3 Å². The van der Waals surface area contributed by atoms with Crippen LogP contribution in [0.25, 0.3) is 0 Å². The predicted octanol–water partition coefficient (Wildman–Crippen LogP) is 4.86. The molecular formula is C16H15F2NS. The molecule has 1 N–H and O–H groups in total. The average molecular weight is 291 g/mol. The molecular weight excluding hydrogens is 276 g/mol. The van der Waals surface area contributed by atoms with Gasteiger partial charge in [-0.15, -0.1) is 18.3 Å². The van der Waals surface area contributed by atoms with Crippen molar-refractivity contribution in [1.29, 1.82) is 0 Å². The fourth-order valence-corrected chi connectivity index (χ4v) is 2.51. The van der Waals surface area contributed by atoms with E-state index in [2.05, 4.69) is 11.9 Å². The molecule has 0 aliphatic heterocycles. The highest BCUT2D eigenvalue weighted by molar-refractivity contribution is 7.99. The first kappa shape index (κ1) is 14.6. The van der Waals surface area contributed by atoms with Crippen molar-refractivity contribution in [2.45, 2.75) is 11.4 Å². The lowest BCUT2D eigenvalue weighted by Gasteiger charge is -2.11. The van der Waals surface area contributed by atoms with Crippen molar-refractivity contribution in [3.63, 3.8) is 0 Å². The minimum absolute atomic E-state index is 0.317. The van der Waals surface area contributed by atoms with E-state index in [0.29, 0.717) is 12.1 Å². The Morgan fingerprint density at radius 1 is 1.15 bits per heavy atom. The van der Waals surface area contributed by atoms with E-state index in [0.717, 1.165) is 22.4 Å². The highest BCUT2D eigenvalue weighted by Crippen LogP contribution is 2.27. The van der Waals surface area contributed by atoms with Crippen LogP contribution in [0.5, 0.6) is 0 Å². The van der Waals surface area contributed by atoms with Crippen molar-refractivity contribution in [1.82, 2.24) is 0 Å². The topological polar surface area (TPSA) is 12.0 Å². The molecule has 0 amide bonds. The summed E-state index contributed by atoms with van der Waals surface area (Å²) in [5, 5.41) is 3.18. The van der Waals surface area contributed by atoms with E-state index in [1.54, 1.807) is 11.8 Å². The van der Waals surface area contributed by atoms with E-state index in [1.165, 1.54) is 12.1 Å². The largest absolute Gasteiger partial charge is 0.380 e. The van der Waals surface area contributed by atoms with Crippen LogP contribution in [0.4, 0.5) is 14.5 Å². The fourth-order valence-electron chi connectivity index (χ4n) is 1.74. The van der Waals surface area contributed by atoms with Crippen LogP contribution < -0.4 is 5.32 Å². The van der Waals surface area contributed by atoms with E-state index in [4.69, 9.17) is 0 Å². The molecule has 0 saturated heterocycles. The van der Waals surface area contributed by atoms with Gasteiger partial charge < -0.3 is 5.32 Å². The second-order valence-electron chi connectivity index (χ2n) is 4.19. The zero-order valence-corrected chi connectivity index (χ0v) is 11.7. The third-order valence-corrected chi connectivity index (χ3v) is 3.80. The van der Waals surface area contributed by atoms with Crippen LogP contribution in [-0.2, 0) is 6.54 Å². The molecule has 104 valence electrons. The summed E-state index contributed by atoms with van der Waals surface area (Å²) in [6.07, 6.45) is 1.83. The Balaban J connectivity index is 2.08. The maximum atomic E-state index is 13.6. The summed E-state index contributed by atoms with van der Waals surface area (Å²) < 4.78 is 26.4. The third kappa shape index (κ3) is 3.84. The molecule has 1 nitrogen and oxygen atoms in total. The zero-order chi connectivity index (χ0) is 14.4. The van der Waals surface area contributed by atoms with Gasteiger partial charge in [0, 0.05) is 34.5 Å². The SMILES string of the molecule is C=CCSc1ccccc1NCc1ccc(F)cc1F. The van der Waals surface area contributed by atoms with Crippen molar-refractivity contribution in [3.8, 4) is 0 Å². The van der Waals surface area contributed by atoms with Crippen LogP contribution in [0, 0.1) is 11.6 Å². The molecule has 2 rings (SSSR count). The Kier molecular flexibility index (Phi) is 5.18. The summed E-state index contributed by atoms with van der Waals surface area (Å²) in [6, 6.07) is 11.4. The van der Waals surface area contributed by atoms with Gasteiger partial charge >= 0.3 is 0 Å². The highest BCUT2D eigenvalue weighted by atomic mass is 32.2. The van der Waals surface area contributed by atoms with Gasteiger partial charge in [-0.3, -0.25) is 0 Å². The quantitative estimate of drug-likeness (QED) is 0.603. The molecule has 0 fully saturated rings. The minimum Gasteiger partial charge on any atom is -0.380 e. The maximum absolute atomic E-state index is 13.6. The minimum atomic E-state index is -0.562. The zero-order valence-electron chi connectivity index (χ0n) is 10.9. The van der Waals surface area contributed by atoms with E-state index in [-0.39, 0.29) is 0 Å². The van der Waals surface area contributed by atoms with E-state index in [9.17, 15) is 8.78 Å².